The molecule has 0 atom stereocenters. The van der Waals surface area contributed by atoms with Crippen LogP contribution in [-0.4, -0.2) is 11.1 Å². The number of rotatable bonds is 1. The molecule has 0 aliphatic rings. The van der Waals surface area contributed by atoms with E-state index in [0.717, 1.165) is 0 Å². The van der Waals surface area contributed by atoms with Crippen LogP contribution in [-0.2, 0) is 0 Å². The lowest BCUT2D eigenvalue weighted by Crippen LogP contribution is -2.00. The van der Waals surface area contributed by atoms with E-state index in [9.17, 15) is 4.79 Å². The fourth-order valence-electron chi connectivity index (χ4n) is 1.00. The second-order valence-corrected chi connectivity index (χ2v) is 4.91. The van der Waals surface area contributed by atoms with E-state index in [2.05, 4.69) is 11.8 Å². The minimum atomic E-state index is -0.989. The number of benzene rings is 1. The molecule has 2 nitrogen and oxygen atoms in total. The lowest BCUT2D eigenvalue weighted by Gasteiger charge is -2.07. The second kappa shape index (κ2) is 4.59. The minimum absolute atomic E-state index is 0.102. The molecule has 1 aromatic rings. The Morgan fingerprint density at radius 1 is 1.38 bits per heavy atom. The van der Waals surface area contributed by atoms with Gasteiger partial charge in [-0.25, -0.2) is 4.79 Å². The molecule has 0 unspecified atom stereocenters. The van der Waals surface area contributed by atoms with Crippen molar-refractivity contribution in [2.24, 2.45) is 5.41 Å². The highest BCUT2D eigenvalue weighted by Crippen LogP contribution is 2.18. The maximum Gasteiger partial charge on any atom is 0.335 e. The van der Waals surface area contributed by atoms with E-state index in [0.29, 0.717) is 10.6 Å². The van der Waals surface area contributed by atoms with Crippen LogP contribution in [0, 0.1) is 17.3 Å². The fourth-order valence-corrected chi connectivity index (χ4v) is 1.23. The maximum absolute atomic E-state index is 10.7. The molecular formula is C13H13ClO2. The fraction of sp³-hybridized carbons (Fsp3) is 0.308. The van der Waals surface area contributed by atoms with Crippen molar-refractivity contribution in [3.05, 3.63) is 34.3 Å². The Morgan fingerprint density at radius 2 is 2.00 bits per heavy atom. The van der Waals surface area contributed by atoms with Gasteiger partial charge in [0.05, 0.1) is 10.6 Å². The number of aromatic carboxylic acids is 1. The van der Waals surface area contributed by atoms with Crippen LogP contribution in [0.2, 0.25) is 5.02 Å². The molecule has 1 N–H and O–H groups in total. The summed E-state index contributed by atoms with van der Waals surface area (Å²) in [7, 11) is 0. The summed E-state index contributed by atoms with van der Waals surface area (Å²) >= 11 is 5.94. The highest BCUT2D eigenvalue weighted by Gasteiger charge is 2.07. The summed E-state index contributed by atoms with van der Waals surface area (Å²) in [5.41, 5.74) is 0.724. The predicted molar refractivity (Wildman–Crippen MR) is 64.7 cm³/mol. The average Bonchev–Trinajstić information content (AvgIpc) is 2.14. The van der Waals surface area contributed by atoms with Crippen LogP contribution in [0.5, 0.6) is 0 Å². The zero-order chi connectivity index (χ0) is 12.3. The number of carbonyl (C=O) groups is 1. The van der Waals surface area contributed by atoms with Gasteiger partial charge in [-0.3, -0.25) is 0 Å². The molecule has 0 radical (unpaired) electrons. The molecule has 16 heavy (non-hydrogen) atoms. The van der Waals surface area contributed by atoms with Crippen LogP contribution in [0.4, 0.5) is 0 Å². The monoisotopic (exact) mass is 236 g/mol. The van der Waals surface area contributed by atoms with Crippen LogP contribution in [0.1, 0.15) is 36.7 Å². The summed E-state index contributed by atoms with van der Waals surface area (Å²) < 4.78 is 0. The van der Waals surface area contributed by atoms with Crippen LogP contribution in [0.15, 0.2) is 18.2 Å². The number of hydrogen-bond donors (Lipinski definition) is 1. The molecule has 3 heteroatoms. The molecule has 0 amide bonds. The van der Waals surface area contributed by atoms with E-state index in [4.69, 9.17) is 16.7 Å². The Morgan fingerprint density at radius 3 is 2.44 bits per heavy atom. The van der Waals surface area contributed by atoms with Gasteiger partial charge < -0.3 is 5.11 Å². The summed E-state index contributed by atoms with van der Waals surface area (Å²) in [6.07, 6.45) is 0. The molecule has 0 spiro atoms. The Bertz CT molecular complexity index is 473. The van der Waals surface area contributed by atoms with Crippen LogP contribution < -0.4 is 0 Å². The summed E-state index contributed by atoms with van der Waals surface area (Å²) in [6.45, 7) is 6.00. The standard InChI is InChI=1S/C13H13ClO2/c1-13(2,3)7-6-9-4-5-10(12(15)16)8-11(9)14/h4-5,8H,1-3H3,(H,15,16). The van der Waals surface area contributed by atoms with E-state index in [-0.39, 0.29) is 11.0 Å². The van der Waals surface area contributed by atoms with Crippen LogP contribution in [0.25, 0.3) is 0 Å². The number of carboxylic acid groups (broad SMARTS) is 1. The van der Waals surface area contributed by atoms with Gasteiger partial charge in [0.25, 0.3) is 0 Å². The van der Waals surface area contributed by atoms with Gasteiger partial charge in [-0.05, 0) is 39.0 Å². The minimum Gasteiger partial charge on any atom is -0.478 e. The topological polar surface area (TPSA) is 37.3 Å². The van der Waals surface area contributed by atoms with Crippen molar-refractivity contribution in [2.45, 2.75) is 20.8 Å². The molecule has 0 aliphatic heterocycles. The Hall–Kier alpha value is -1.46. The van der Waals surface area contributed by atoms with E-state index in [1.54, 1.807) is 6.07 Å². The van der Waals surface area contributed by atoms with Gasteiger partial charge in [0.1, 0.15) is 0 Å². The van der Waals surface area contributed by atoms with Gasteiger partial charge in [-0.2, -0.15) is 0 Å². The predicted octanol–water partition coefficient (Wildman–Crippen LogP) is 3.44. The summed E-state index contributed by atoms with van der Waals surface area (Å²) in [4.78, 5) is 10.7. The summed E-state index contributed by atoms with van der Waals surface area (Å²) in [6, 6.07) is 4.54. The quantitative estimate of drug-likeness (QED) is 0.759. The first-order chi connectivity index (χ1) is 7.29. The molecule has 1 aromatic carbocycles. The smallest absolute Gasteiger partial charge is 0.335 e. The number of halogens is 1. The first kappa shape index (κ1) is 12.6. The highest BCUT2D eigenvalue weighted by molar-refractivity contribution is 6.32. The molecule has 84 valence electrons. The zero-order valence-electron chi connectivity index (χ0n) is 9.47. The third-order valence-electron chi connectivity index (χ3n) is 1.79. The second-order valence-electron chi connectivity index (χ2n) is 4.50. The molecule has 0 aromatic heterocycles. The molecular weight excluding hydrogens is 224 g/mol. The molecule has 0 saturated carbocycles. The highest BCUT2D eigenvalue weighted by atomic mass is 35.5. The Kier molecular flexibility index (Phi) is 3.62. The first-order valence-electron chi connectivity index (χ1n) is 4.85. The molecule has 0 heterocycles. The molecule has 0 aliphatic carbocycles. The van der Waals surface area contributed by atoms with Crippen LogP contribution >= 0.6 is 11.6 Å². The van der Waals surface area contributed by atoms with Crippen molar-refractivity contribution in [3.8, 4) is 11.8 Å². The molecule has 1 rings (SSSR count). The SMILES string of the molecule is CC(C)(C)C#Cc1ccc(C(=O)O)cc1Cl. The largest absolute Gasteiger partial charge is 0.478 e. The lowest BCUT2D eigenvalue weighted by molar-refractivity contribution is 0.0697. The Balaban J connectivity index is 3.08. The lowest BCUT2D eigenvalue weighted by atomic mass is 9.97. The third kappa shape index (κ3) is 3.60. The van der Waals surface area contributed by atoms with Crippen molar-refractivity contribution in [2.75, 3.05) is 0 Å². The molecule has 0 fully saturated rings. The Labute approximate surface area is 100 Å². The molecule has 0 saturated heterocycles. The number of carboxylic acids is 1. The van der Waals surface area contributed by atoms with Crippen molar-refractivity contribution < 1.29 is 9.90 Å². The van der Waals surface area contributed by atoms with Crippen molar-refractivity contribution in [1.29, 1.82) is 0 Å². The molecule has 0 bridgehead atoms. The van der Waals surface area contributed by atoms with Crippen molar-refractivity contribution in [1.82, 2.24) is 0 Å². The summed E-state index contributed by atoms with van der Waals surface area (Å²) in [5, 5.41) is 9.14. The number of hydrogen-bond acceptors (Lipinski definition) is 1. The van der Waals surface area contributed by atoms with Gasteiger partial charge in [0.2, 0.25) is 0 Å². The van der Waals surface area contributed by atoms with Crippen molar-refractivity contribution >= 4 is 17.6 Å². The summed E-state index contributed by atoms with van der Waals surface area (Å²) in [5.74, 6) is 5.00. The van der Waals surface area contributed by atoms with E-state index >= 15 is 0 Å². The van der Waals surface area contributed by atoms with Gasteiger partial charge in [-0.1, -0.05) is 23.4 Å². The van der Waals surface area contributed by atoms with Gasteiger partial charge in [-0.15, -0.1) is 0 Å². The van der Waals surface area contributed by atoms with Crippen molar-refractivity contribution in [3.63, 3.8) is 0 Å². The van der Waals surface area contributed by atoms with E-state index < -0.39 is 5.97 Å². The average molecular weight is 237 g/mol. The van der Waals surface area contributed by atoms with E-state index in [1.807, 2.05) is 20.8 Å². The van der Waals surface area contributed by atoms with E-state index in [1.165, 1.54) is 12.1 Å². The van der Waals surface area contributed by atoms with Gasteiger partial charge in [0, 0.05) is 11.0 Å². The zero-order valence-corrected chi connectivity index (χ0v) is 10.2. The van der Waals surface area contributed by atoms with Crippen LogP contribution in [0.3, 0.4) is 0 Å². The maximum atomic E-state index is 10.7. The van der Waals surface area contributed by atoms with Gasteiger partial charge >= 0.3 is 5.97 Å². The first-order valence-corrected chi connectivity index (χ1v) is 5.23. The normalized spacial score (nSPS) is 10.5. The van der Waals surface area contributed by atoms with Gasteiger partial charge in [0.15, 0.2) is 0 Å². The third-order valence-corrected chi connectivity index (χ3v) is 2.10.